The number of esters is 1. The molecule has 0 saturated heterocycles. The molecule has 1 aromatic rings. The van der Waals surface area contributed by atoms with Gasteiger partial charge < -0.3 is 9.53 Å². The maximum absolute atomic E-state index is 13.6. The Morgan fingerprint density at radius 2 is 1.64 bits per heavy atom. The lowest BCUT2D eigenvalue weighted by atomic mass is 10.1. The highest BCUT2D eigenvalue weighted by Gasteiger charge is 2.62. The molecule has 1 saturated carbocycles. The fourth-order valence-electron chi connectivity index (χ4n) is 2.53. The number of ether oxygens (including phenoxy) is 1. The van der Waals surface area contributed by atoms with Crippen molar-refractivity contribution >= 4 is 12.3 Å². The van der Waals surface area contributed by atoms with Gasteiger partial charge in [0.25, 0.3) is 0 Å². The van der Waals surface area contributed by atoms with Crippen LogP contribution in [0.25, 0.3) is 0 Å². The van der Waals surface area contributed by atoms with Gasteiger partial charge in [-0.25, -0.2) is 17.6 Å². The van der Waals surface area contributed by atoms with Crippen LogP contribution in [0.2, 0.25) is 0 Å². The second-order valence-corrected chi connectivity index (χ2v) is 5.93. The first-order chi connectivity index (χ1) is 10.1. The Hall–Kier alpha value is -1.92. The van der Waals surface area contributed by atoms with Gasteiger partial charge in [0.15, 0.2) is 23.3 Å². The number of rotatable bonds is 4. The van der Waals surface area contributed by atoms with Crippen molar-refractivity contribution in [3.8, 4) is 0 Å². The topological polar surface area (TPSA) is 43.4 Å². The molecule has 2 atom stereocenters. The van der Waals surface area contributed by atoms with Gasteiger partial charge in [-0.3, -0.25) is 4.79 Å². The van der Waals surface area contributed by atoms with Gasteiger partial charge in [0.2, 0.25) is 0 Å². The van der Waals surface area contributed by atoms with Crippen LogP contribution >= 0.6 is 0 Å². The molecule has 1 fully saturated rings. The minimum absolute atomic E-state index is 0.541. The summed E-state index contributed by atoms with van der Waals surface area (Å²) in [6.45, 7) is 3.30. The number of hydrogen-bond donors (Lipinski definition) is 0. The van der Waals surface area contributed by atoms with E-state index < -0.39 is 64.2 Å². The highest BCUT2D eigenvalue weighted by atomic mass is 19.2. The zero-order valence-electron chi connectivity index (χ0n) is 12.2. The predicted molar refractivity (Wildman–Crippen MR) is 67.6 cm³/mol. The third-order valence-electron chi connectivity index (χ3n) is 4.24. The van der Waals surface area contributed by atoms with Crippen LogP contribution < -0.4 is 0 Å². The first-order valence-electron chi connectivity index (χ1n) is 6.57. The fraction of sp³-hybridized carbons (Fsp3) is 0.467. The minimum Gasteiger partial charge on any atom is -0.460 e. The van der Waals surface area contributed by atoms with Crippen LogP contribution in [0.5, 0.6) is 0 Å². The van der Waals surface area contributed by atoms with Crippen molar-refractivity contribution < 1.29 is 31.9 Å². The van der Waals surface area contributed by atoms with Crippen LogP contribution in [0.1, 0.15) is 25.0 Å². The van der Waals surface area contributed by atoms with E-state index in [0.29, 0.717) is 6.29 Å². The maximum Gasteiger partial charge on any atom is 0.310 e. The molecule has 0 aliphatic heterocycles. The van der Waals surface area contributed by atoms with Crippen LogP contribution in [-0.2, 0) is 20.9 Å². The molecule has 22 heavy (non-hydrogen) atoms. The van der Waals surface area contributed by atoms with E-state index in [-0.39, 0.29) is 0 Å². The van der Waals surface area contributed by atoms with Crippen molar-refractivity contribution in [2.75, 3.05) is 0 Å². The van der Waals surface area contributed by atoms with Crippen molar-refractivity contribution in [3.05, 3.63) is 34.4 Å². The molecule has 3 nitrogen and oxygen atoms in total. The highest BCUT2D eigenvalue weighted by molar-refractivity contribution is 5.84. The number of halogens is 4. The molecule has 0 radical (unpaired) electrons. The Morgan fingerprint density at radius 1 is 1.14 bits per heavy atom. The summed E-state index contributed by atoms with van der Waals surface area (Å²) in [6, 6.07) is 0. The first-order valence-corrected chi connectivity index (χ1v) is 6.57. The van der Waals surface area contributed by atoms with Crippen LogP contribution in [-0.4, -0.2) is 12.3 Å². The molecule has 120 valence electrons. The summed E-state index contributed by atoms with van der Waals surface area (Å²) in [5, 5.41) is 0. The summed E-state index contributed by atoms with van der Waals surface area (Å²) in [7, 11) is 0. The normalized spacial score (nSPS) is 22.3. The van der Waals surface area contributed by atoms with Gasteiger partial charge >= 0.3 is 5.97 Å². The van der Waals surface area contributed by atoms with Crippen LogP contribution in [0.15, 0.2) is 0 Å². The van der Waals surface area contributed by atoms with Crippen LogP contribution in [0.4, 0.5) is 17.6 Å². The SMILES string of the molecule is Cc1c(F)c(F)c(COC(=O)[C@@H]2[C@@H](C=O)C2(C)C)c(F)c1F. The lowest BCUT2D eigenvalue weighted by Crippen LogP contribution is -2.14. The Labute approximate surface area is 124 Å². The lowest BCUT2D eigenvalue weighted by molar-refractivity contribution is -0.148. The van der Waals surface area contributed by atoms with Gasteiger partial charge in [0.05, 0.1) is 11.5 Å². The first kappa shape index (κ1) is 16.5. The third kappa shape index (κ3) is 2.38. The molecule has 0 heterocycles. The average Bonchev–Trinajstić information content (AvgIpc) is 3.04. The molecule has 2 rings (SSSR count). The molecule has 0 bridgehead atoms. The van der Waals surface area contributed by atoms with Crippen molar-refractivity contribution in [2.45, 2.75) is 27.4 Å². The van der Waals surface area contributed by atoms with E-state index in [1.54, 1.807) is 13.8 Å². The molecule has 1 aliphatic carbocycles. The monoisotopic (exact) mass is 318 g/mol. The Morgan fingerprint density at radius 3 is 2.05 bits per heavy atom. The molecule has 0 amide bonds. The van der Waals surface area contributed by atoms with E-state index in [4.69, 9.17) is 4.74 Å². The van der Waals surface area contributed by atoms with E-state index in [1.807, 2.05) is 0 Å². The van der Waals surface area contributed by atoms with Gasteiger partial charge in [-0.05, 0) is 12.3 Å². The van der Waals surface area contributed by atoms with Gasteiger partial charge in [0.1, 0.15) is 12.9 Å². The number of aldehydes is 1. The van der Waals surface area contributed by atoms with Crippen LogP contribution in [0.3, 0.4) is 0 Å². The maximum atomic E-state index is 13.6. The van der Waals surface area contributed by atoms with Gasteiger partial charge in [-0.1, -0.05) is 13.8 Å². The zero-order valence-corrected chi connectivity index (χ0v) is 12.2. The van der Waals surface area contributed by atoms with Gasteiger partial charge in [0, 0.05) is 11.5 Å². The summed E-state index contributed by atoms with van der Waals surface area (Å²) in [5.41, 5.74) is -2.37. The molecule has 1 aromatic carbocycles. The molecule has 0 aromatic heterocycles. The number of carbonyl (C=O) groups excluding carboxylic acids is 2. The Kier molecular flexibility index (Phi) is 4.02. The minimum atomic E-state index is -1.59. The van der Waals surface area contributed by atoms with E-state index in [0.717, 1.165) is 6.92 Å². The second kappa shape index (κ2) is 5.37. The number of hydrogen-bond acceptors (Lipinski definition) is 3. The summed E-state index contributed by atoms with van der Waals surface area (Å²) in [6.07, 6.45) is 0.609. The van der Waals surface area contributed by atoms with Gasteiger partial charge in [-0.2, -0.15) is 0 Å². The van der Waals surface area contributed by atoms with Crippen LogP contribution in [0, 0.1) is 47.4 Å². The van der Waals surface area contributed by atoms with E-state index in [1.165, 1.54) is 0 Å². The average molecular weight is 318 g/mol. The van der Waals surface area contributed by atoms with Crippen molar-refractivity contribution in [2.24, 2.45) is 17.3 Å². The van der Waals surface area contributed by atoms with E-state index in [2.05, 4.69) is 0 Å². The molecule has 0 unspecified atom stereocenters. The van der Waals surface area contributed by atoms with E-state index >= 15 is 0 Å². The van der Waals surface area contributed by atoms with E-state index in [9.17, 15) is 27.2 Å². The molecular formula is C15H14F4O3. The molecule has 7 heteroatoms. The second-order valence-electron chi connectivity index (χ2n) is 5.93. The van der Waals surface area contributed by atoms with Gasteiger partial charge in [-0.15, -0.1) is 0 Å². The Balaban J connectivity index is 2.17. The largest absolute Gasteiger partial charge is 0.460 e. The zero-order chi connectivity index (χ0) is 16.8. The van der Waals surface area contributed by atoms with Crippen molar-refractivity contribution in [1.29, 1.82) is 0 Å². The smallest absolute Gasteiger partial charge is 0.310 e. The quantitative estimate of drug-likeness (QED) is 0.371. The van der Waals surface area contributed by atoms with Crippen molar-refractivity contribution in [3.63, 3.8) is 0 Å². The fourth-order valence-corrected chi connectivity index (χ4v) is 2.53. The predicted octanol–water partition coefficient (Wildman–Crippen LogP) is 3.07. The summed E-state index contributed by atoms with van der Waals surface area (Å²) in [5.74, 6) is -8.33. The molecule has 1 aliphatic rings. The Bertz CT molecular complexity index is 626. The molecule has 0 N–H and O–H groups in total. The summed E-state index contributed by atoms with van der Waals surface area (Å²) < 4.78 is 58.8. The summed E-state index contributed by atoms with van der Waals surface area (Å²) >= 11 is 0. The summed E-state index contributed by atoms with van der Waals surface area (Å²) in [4.78, 5) is 22.6. The molecule has 0 spiro atoms. The number of carbonyl (C=O) groups is 2. The number of benzene rings is 1. The highest BCUT2D eigenvalue weighted by Crippen LogP contribution is 2.57. The molecular weight excluding hydrogens is 304 g/mol. The van der Waals surface area contributed by atoms with Crippen molar-refractivity contribution in [1.82, 2.24) is 0 Å². The third-order valence-corrected chi connectivity index (χ3v) is 4.24. The standard InChI is InChI=1S/C15H14F4O3/c1-6-10(16)12(18)7(13(19)11(6)17)5-22-14(21)9-8(4-20)15(9,2)3/h4,8-9H,5H2,1-3H3/t8-,9+/m1/s1. The lowest BCUT2D eigenvalue weighted by Gasteiger charge is -2.10.